The fourth-order valence-electron chi connectivity index (χ4n) is 1.02. The number of carbonyl (C=O) groups is 1. The summed E-state index contributed by atoms with van der Waals surface area (Å²) in [5.74, 6) is -1.50. The van der Waals surface area contributed by atoms with Gasteiger partial charge in [-0.2, -0.15) is 0 Å². The number of nitrogens with one attached hydrogen (secondary N) is 1. The summed E-state index contributed by atoms with van der Waals surface area (Å²) in [5, 5.41) is 0. The standard InChI is InChI=1S/C8H16N2O4S2/c1-3-6(4-7(9)15)10-16(12,13)5-8(11)14-2/h6,10H,3-5H2,1-2H3,(H2,9,15). The molecule has 0 aromatic heterocycles. The minimum Gasteiger partial charge on any atom is -0.468 e. The van der Waals surface area contributed by atoms with Crippen molar-refractivity contribution in [2.45, 2.75) is 25.8 Å². The van der Waals surface area contributed by atoms with Crippen LogP contribution in [-0.4, -0.2) is 38.3 Å². The SMILES string of the molecule is CCC(CC(N)=S)NS(=O)(=O)CC(=O)OC. The number of hydrogen-bond donors (Lipinski definition) is 2. The lowest BCUT2D eigenvalue weighted by Crippen LogP contribution is -2.40. The number of ether oxygens (including phenoxy) is 1. The summed E-state index contributed by atoms with van der Waals surface area (Å²) in [4.78, 5) is 11.1. The molecule has 0 aliphatic heterocycles. The van der Waals surface area contributed by atoms with Gasteiger partial charge in [-0.1, -0.05) is 19.1 Å². The number of methoxy groups -OCH3 is 1. The summed E-state index contributed by atoms with van der Waals surface area (Å²) in [7, 11) is -2.56. The molecule has 0 aromatic carbocycles. The molecule has 0 rings (SSSR count). The highest BCUT2D eigenvalue weighted by Crippen LogP contribution is 2.01. The van der Waals surface area contributed by atoms with Crippen molar-refractivity contribution < 1.29 is 17.9 Å². The van der Waals surface area contributed by atoms with Gasteiger partial charge < -0.3 is 10.5 Å². The quantitative estimate of drug-likeness (QED) is 0.478. The number of rotatable bonds is 7. The zero-order chi connectivity index (χ0) is 12.8. The van der Waals surface area contributed by atoms with Gasteiger partial charge >= 0.3 is 5.97 Å². The van der Waals surface area contributed by atoms with E-state index in [9.17, 15) is 13.2 Å². The molecule has 0 fully saturated rings. The Morgan fingerprint density at radius 1 is 1.56 bits per heavy atom. The minimum atomic E-state index is -3.69. The van der Waals surface area contributed by atoms with Crippen molar-refractivity contribution >= 4 is 33.2 Å². The molecular weight excluding hydrogens is 252 g/mol. The number of esters is 1. The molecule has 6 nitrogen and oxygen atoms in total. The Balaban J connectivity index is 4.43. The molecule has 0 aromatic rings. The van der Waals surface area contributed by atoms with E-state index in [0.717, 1.165) is 7.11 Å². The predicted molar refractivity (Wildman–Crippen MR) is 64.4 cm³/mol. The molecule has 94 valence electrons. The molecule has 0 aliphatic rings. The van der Waals surface area contributed by atoms with E-state index >= 15 is 0 Å². The van der Waals surface area contributed by atoms with Crippen LogP contribution < -0.4 is 10.5 Å². The van der Waals surface area contributed by atoms with Gasteiger partial charge in [0.25, 0.3) is 0 Å². The van der Waals surface area contributed by atoms with Crippen LogP contribution in [0.3, 0.4) is 0 Å². The van der Waals surface area contributed by atoms with Gasteiger partial charge in [-0.25, -0.2) is 13.1 Å². The highest BCUT2D eigenvalue weighted by atomic mass is 32.2. The topological polar surface area (TPSA) is 98.5 Å². The fourth-order valence-corrected chi connectivity index (χ4v) is 2.49. The lowest BCUT2D eigenvalue weighted by atomic mass is 10.2. The molecule has 0 bridgehead atoms. The van der Waals surface area contributed by atoms with Gasteiger partial charge in [0.15, 0.2) is 5.75 Å². The normalized spacial score (nSPS) is 13.1. The predicted octanol–water partition coefficient (Wildman–Crippen LogP) is -0.466. The number of carbonyl (C=O) groups excluding carboxylic acids is 1. The second-order valence-corrected chi connectivity index (χ2v) is 5.51. The summed E-state index contributed by atoms with van der Waals surface area (Å²) in [6.45, 7) is 1.80. The first-order valence-corrected chi connectivity index (χ1v) is 6.72. The average molecular weight is 268 g/mol. The van der Waals surface area contributed by atoms with E-state index in [1.807, 2.05) is 0 Å². The molecule has 0 spiro atoms. The van der Waals surface area contributed by atoms with Crippen molar-refractivity contribution in [2.24, 2.45) is 5.73 Å². The zero-order valence-electron chi connectivity index (χ0n) is 9.23. The van der Waals surface area contributed by atoms with E-state index in [2.05, 4.69) is 21.7 Å². The van der Waals surface area contributed by atoms with E-state index in [1.54, 1.807) is 6.92 Å². The van der Waals surface area contributed by atoms with Crippen LogP contribution in [0.4, 0.5) is 0 Å². The Morgan fingerprint density at radius 3 is 2.50 bits per heavy atom. The van der Waals surface area contributed by atoms with Crippen LogP contribution in [-0.2, 0) is 19.6 Å². The maximum absolute atomic E-state index is 11.5. The maximum atomic E-state index is 11.5. The largest absolute Gasteiger partial charge is 0.468 e. The summed E-state index contributed by atoms with van der Waals surface area (Å²) >= 11 is 4.69. The van der Waals surface area contributed by atoms with E-state index in [1.165, 1.54) is 0 Å². The highest BCUT2D eigenvalue weighted by molar-refractivity contribution is 7.90. The van der Waals surface area contributed by atoms with E-state index in [-0.39, 0.29) is 17.5 Å². The third-order valence-corrected chi connectivity index (χ3v) is 3.30. The van der Waals surface area contributed by atoms with Gasteiger partial charge in [0.05, 0.1) is 12.1 Å². The van der Waals surface area contributed by atoms with Crippen molar-refractivity contribution in [1.82, 2.24) is 4.72 Å². The number of sulfonamides is 1. The average Bonchev–Trinajstić information content (AvgIpc) is 2.14. The van der Waals surface area contributed by atoms with Gasteiger partial charge in [-0.3, -0.25) is 4.79 Å². The molecule has 3 N–H and O–H groups in total. The van der Waals surface area contributed by atoms with Crippen molar-refractivity contribution in [3.05, 3.63) is 0 Å². The Labute approximate surface area is 101 Å². The van der Waals surface area contributed by atoms with E-state index in [0.29, 0.717) is 6.42 Å². The molecule has 1 atom stereocenters. The van der Waals surface area contributed by atoms with Gasteiger partial charge in [0.1, 0.15) is 0 Å². The summed E-state index contributed by atoms with van der Waals surface area (Å²) < 4.78 is 29.5. The Morgan fingerprint density at radius 2 is 2.12 bits per heavy atom. The molecule has 8 heteroatoms. The van der Waals surface area contributed by atoms with Crippen LogP contribution in [0.25, 0.3) is 0 Å². The first-order chi connectivity index (χ1) is 7.30. The van der Waals surface area contributed by atoms with Crippen molar-refractivity contribution in [3.63, 3.8) is 0 Å². The fraction of sp³-hybridized carbons (Fsp3) is 0.750. The van der Waals surface area contributed by atoms with Crippen LogP contribution in [0.5, 0.6) is 0 Å². The van der Waals surface area contributed by atoms with Crippen LogP contribution in [0, 0.1) is 0 Å². The number of hydrogen-bond acceptors (Lipinski definition) is 5. The van der Waals surface area contributed by atoms with Crippen molar-refractivity contribution in [3.8, 4) is 0 Å². The van der Waals surface area contributed by atoms with Crippen LogP contribution in [0.2, 0.25) is 0 Å². The first-order valence-electron chi connectivity index (χ1n) is 4.65. The van der Waals surface area contributed by atoms with Crippen molar-refractivity contribution in [2.75, 3.05) is 12.9 Å². The van der Waals surface area contributed by atoms with Crippen LogP contribution >= 0.6 is 12.2 Å². The molecule has 16 heavy (non-hydrogen) atoms. The second kappa shape index (κ2) is 6.77. The Hall–Kier alpha value is -0.730. The Kier molecular flexibility index (Phi) is 6.46. The molecule has 0 radical (unpaired) electrons. The number of thiocarbonyl (C=S) groups is 1. The summed E-state index contributed by atoms with van der Waals surface area (Å²) in [6.07, 6.45) is 0.810. The maximum Gasteiger partial charge on any atom is 0.322 e. The smallest absolute Gasteiger partial charge is 0.322 e. The van der Waals surface area contributed by atoms with E-state index < -0.39 is 21.7 Å². The molecule has 0 amide bonds. The third kappa shape index (κ3) is 6.70. The monoisotopic (exact) mass is 268 g/mol. The van der Waals surface area contributed by atoms with Crippen molar-refractivity contribution in [1.29, 1.82) is 0 Å². The van der Waals surface area contributed by atoms with E-state index in [4.69, 9.17) is 5.73 Å². The van der Waals surface area contributed by atoms with Gasteiger partial charge in [0.2, 0.25) is 10.0 Å². The number of nitrogens with two attached hydrogens (primary N) is 1. The molecule has 0 saturated heterocycles. The van der Waals surface area contributed by atoms with Crippen LogP contribution in [0.1, 0.15) is 19.8 Å². The Bertz CT molecular complexity index is 353. The first kappa shape index (κ1) is 15.3. The van der Waals surface area contributed by atoms with Gasteiger partial charge in [0, 0.05) is 12.5 Å². The summed E-state index contributed by atoms with van der Waals surface area (Å²) in [5.41, 5.74) is 5.32. The molecule has 0 aliphatic carbocycles. The zero-order valence-corrected chi connectivity index (χ0v) is 10.9. The minimum absolute atomic E-state index is 0.229. The van der Waals surface area contributed by atoms with Gasteiger partial charge in [-0.15, -0.1) is 0 Å². The van der Waals surface area contributed by atoms with Crippen LogP contribution in [0.15, 0.2) is 0 Å². The third-order valence-electron chi connectivity index (χ3n) is 1.82. The molecule has 0 heterocycles. The summed E-state index contributed by atoms with van der Waals surface area (Å²) in [6, 6.07) is -0.382. The lowest BCUT2D eigenvalue weighted by Gasteiger charge is -2.15. The molecule has 1 unspecified atom stereocenters. The lowest BCUT2D eigenvalue weighted by molar-refractivity contribution is -0.137. The second-order valence-electron chi connectivity index (χ2n) is 3.23. The highest BCUT2D eigenvalue weighted by Gasteiger charge is 2.21. The molecule has 0 saturated carbocycles. The molecular formula is C8H16N2O4S2. The van der Waals surface area contributed by atoms with Gasteiger partial charge in [-0.05, 0) is 6.42 Å².